The number of hydrogen-bond acceptors (Lipinski definition) is 6. The third-order valence-electron chi connectivity index (χ3n) is 7.94. The third kappa shape index (κ3) is 5.81. The second kappa shape index (κ2) is 11.2. The van der Waals surface area contributed by atoms with Gasteiger partial charge in [0.05, 0.1) is 32.5 Å². The zero-order valence-corrected chi connectivity index (χ0v) is 20.5. The Hall–Kier alpha value is -2.11. The fourth-order valence-corrected chi connectivity index (χ4v) is 6.09. The first kappa shape index (κ1) is 26.1. The number of hydrogen-bond donors (Lipinski definition) is 0. The van der Waals surface area contributed by atoms with E-state index in [0.29, 0.717) is 11.8 Å². The molecule has 0 radical (unpaired) electrons. The summed E-state index contributed by atoms with van der Waals surface area (Å²) >= 11 is 0. The van der Waals surface area contributed by atoms with Crippen LogP contribution >= 0.6 is 0 Å². The average molecular weight is 449 g/mol. The van der Waals surface area contributed by atoms with E-state index < -0.39 is 17.4 Å². The SMILES string of the molecule is C=C1CC[C@@H]2[C@](C)(CCC[C@]2(C)C(=O)OC)[C@H]1CC/C(C)=C/COC(=O)CCC(=O)OC. The predicted molar refractivity (Wildman–Crippen MR) is 123 cm³/mol. The van der Waals surface area contributed by atoms with Crippen LogP contribution in [0.25, 0.3) is 0 Å². The first-order valence-electron chi connectivity index (χ1n) is 11.7. The molecule has 0 aromatic carbocycles. The van der Waals surface area contributed by atoms with Gasteiger partial charge in [0, 0.05) is 0 Å². The molecule has 2 rings (SSSR count). The highest BCUT2D eigenvalue weighted by Gasteiger charge is 2.57. The Bertz CT molecular complexity index is 753. The van der Waals surface area contributed by atoms with Gasteiger partial charge < -0.3 is 14.2 Å². The number of carbonyl (C=O) groups is 3. The molecule has 2 fully saturated rings. The summed E-state index contributed by atoms with van der Waals surface area (Å²) in [5, 5.41) is 0. The van der Waals surface area contributed by atoms with Crippen LogP contribution in [0.1, 0.15) is 78.6 Å². The molecule has 0 saturated heterocycles. The molecule has 180 valence electrons. The summed E-state index contributed by atoms with van der Waals surface area (Å²) in [5.41, 5.74) is 2.07. The second-order valence-electron chi connectivity index (χ2n) is 9.92. The van der Waals surface area contributed by atoms with E-state index in [1.807, 2.05) is 13.0 Å². The molecule has 4 atom stereocenters. The van der Waals surface area contributed by atoms with Crippen molar-refractivity contribution < 1.29 is 28.6 Å². The summed E-state index contributed by atoms with van der Waals surface area (Å²) in [4.78, 5) is 35.5. The van der Waals surface area contributed by atoms with E-state index in [1.165, 1.54) is 19.8 Å². The quantitative estimate of drug-likeness (QED) is 0.275. The van der Waals surface area contributed by atoms with Crippen molar-refractivity contribution in [3.63, 3.8) is 0 Å². The van der Waals surface area contributed by atoms with E-state index in [2.05, 4.69) is 25.2 Å². The smallest absolute Gasteiger partial charge is 0.311 e. The molecule has 0 heterocycles. The van der Waals surface area contributed by atoms with Crippen LogP contribution in [-0.2, 0) is 28.6 Å². The van der Waals surface area contributed by atoms with E-state index in [4.69, 9.17) is 9.47 Å². The van der Waals surface area contributed by atoms with E-state index >= 15 is 0 Å². The number of esters is 3. The predicted octanol–water partition coefficient (Wildman–Crippen LogP) is 5.16. The maximum Gasteiger partial charge on any atom is 0.311 e. The van der Waals surface area contributed by atoms with Crippen molar-refractivity contribution in [3.8, 4) is 0 Å². The Morgan fingerprint density at radius 2 is 1.75 bits per heavy atom. The van der Waals surface area contributed by atoms with Crippen molar-refractivity contribution in [3.05, 3.63) is 23.8 Å². The van der Waals surface area contributed by atoms with Crippen LogP contribution < -0.4 is 0 Å². The normalized spacial score (nSPS) is 30.3. The van der Waals surface area contributed by atoms with Crippen molar-refractivity contribution in [1.82, 2.24) is 0 Å². The summed E-state index contributed by atoms with van der Waals surface area (Å²) in [6.07, 6.45) is 8.83. The van der Waals surface area contributed by atoms with E-state index in [1.54, 1.807) is 0 Å². The summed E-state index contributed by atoms with van der Waals surface area (Å²) < 4.78 is 14.9. The molecule has 32 heavy (non-hydrogen) atoms. The van der Waals surface area contributed by atoms with Crippen LogP contribution in [-0.4, -0.2) is 38.7 Å². The second-order valence-corrected chi connectivity index (χ2v) is 9.92. The Balaban J connectivity index is 1.97. The van der Waals surface area contributed by atoms with Crippen molar-refractivity contribution >= 4 is 17.9 Å². The first-order chi connectivity index (χ1) is 15.1. The maximum atomic E-state index is 12.7. The van der Waals surface area contributed by atoms with E-state index in [9.17, 15) is 14.4 Å². The Morgan fingerprint density at radius 1 is 1.06 bits per heavy atom. The lowest BCUT2D eigenvalue weighted by Crippen LogP contribution is -2.53. The standard InChI is InChI=1S/C26H40O6/c1-18(14-17-32-23(28)13-12-22(27)30-5)8-10-20-19(2)9-11-21-25(20,3)15-7-16-26(21,4)24(29)31-6/h14,20-21H,2,7-13,15-17H2,1,3-6H3/b18-14+/t20-,21+,25+,26-/m0/s1. The third-order valence-corrected chi connectivity index (χ3v) is 7.94. The van der Waals surface area contributed by atoms with Gasteiger partial charge in [0.2, 0.25) is 0 Å². The van der Waals surface area contributed by atoms with Gasteiger partial charge in [-0.2, -0.15) is 0 Å². The van der Waals surface area contributed by atoms with Crippen molar-refractivity contribution in [2.75, 3.05) is 20.8 Å². The molecule has 0 unspecified atom stereocenters. The van der Waals surface area contributed by atoms with Gasteiger partial charge in [-0.1, -0.05) is 31.1 Å². The molecule has 6 nitrogen and oxygen atoms in total. The van der Waals surface area contributed by atoms with Gasteiger partial charge in [0.1, 0.15) is 6.61 Å². The lowest BCUT2D eigenvalue weighted by molar-refractivity contribution is -0.168. The lowest BCUT2D eigenvalue weighted by atomic mass is 9.46. The highest BCUT2D eigenvalue weighted by atomic mass is 16.5. The molecule has 2 saturated carbocycles. The molecule has 0 bridgehead atoms. The van der Waals surface area contributed by atoms with Crippen molar-refractivity contribution in [2.45, 2.75) is 78.6 Å². The number of allylic oxidation sites excluding steroid dienone is 2. The van der Waals surface area contributed by atoms with Gasteiger partial charge in [-0.3, -0.25) is 14.4 Å². The molecular weight excluding hydrogens is 408 g/mol. The number of rotatable bonds is 9. The summed E-state index contributed by atoms with van der Waals surface area (Å²) in [5.74, 6) is -0.244. The van der Waals surface area contributed by atoms with E-state index in [0.717, 1.165) is 50.5 Å². The minimum absolute atomic E-state index is 0.0279. The molecule has 6 heteroatoms. The summed E-state index contributed by atoms with van der Waals surface area (Å²) in [6.45, 7) is 11.1. The minimum Gasteiger partial charge on any atom is -0.469 e. The highest BCUT2D eigenvalue weighted by Crippen LogP contribution is 2.62. The Morgan fingerprint density at radius 3 is 2.41 bits per heavy atom. The molecule has 0 spiro atoms. The van der Waals surface area contributed by atoms with Crippen molar-refractivity contribution in [2.24, 2.45) is 22.7 Å². The van der Waals surface area contributed by atoms with Crippen LogP contribution in [0.2, 0.25) is 0 Å². The van der Waals surface area contributed by atoms with Crippen LogP contribution in [0.15, 0.2) is 23.8 Å². The molecule has 0 aliphatic heterocycles. The van der Waals surface area contributed by atoms with Crippen LogP contribution in [0.5, 0.6) is 0 Å². The van der Waals surface area contributed by atoms with Crippen LogP contribution in [0.4, 0.5) is 0 Å². The van der Waals surface area contributed by atoms with Gasteiger partial charge in [-0.15, -0.1) is 0 Å². The minimum atomic E-state index is -0.427. The average Bonchev–Trinajstić information content (AvgIpc) is 2.76. The largest absolute Gasteiger partial charge is 0.469 e. The van der Waals surface area contributed by atoms with Gasteiger partial charge >= 0.3 is 17.9 Å². The number of carbonyl (C=O) groups excluding carboxylic acids is 3. The van der Waals surface area contributed by atoms with Gasteiger partial charge in [0.25, 0.3) is 0 Å². The van der Waals surface area contributed by atoms with Gasteiger partial charge in [-0.25, -0.2) is 0 Å². The maximum absolute atomic E-state index is 12.7. The van der Waals surface area contributed by atoms with Gasteiger partial charge in [0.15, 0.2) is 0 Å². The number of methoxy groups -OCH3 is 2. The first-order valence-corrected chi connectivity index (χ1v) is 11.7. The summed E-state index contributed by atoms with van der Waals surface area (Å²) in [7, 11) is 2.79. The Kier molecular flexibility index (Phi) is 9.11. The topological polar surface area (TPSA) is 78.9 Å². The lowest BCUT2D eigenvalue weighted by Gasteiger charge is -2.57. The fraction of sp³-hybridized carbons (Fsp3) is 0.731. The van der Waals surface area contributed by atoms with Gasteiger partial charge in [-0.05, 0) is 75.7 Å². The number of ether oxygens (including phenoxy) is 3. The molecular formula is C26H40O6. The molecule has 2 aliphatic carbocycles. The zero-order chi connectivity index (χ0) is 23.9. The zero-order valence-electron chi connectivity index (χ0n) is 20.5. The van der Waals surface area contributed by atoms with Crippen LogP contribution in [0, 0.1) is 22.7 Å². The Labute approximate surface area is 192 Å². The number of fused-ring (bicyclic) bond motifs is 1. The van der Waals surface area contributed by atoms with Crippen LogP contribution in [0.3, 0.4) is 0 Å². The molecule has 0 aromatic rings. The molecule has 2 aliphatic rings. The van der Waals surface area contributed by atoms with E-state index in [-0.39, 0.29) is 30.8 Å². The molecule has 0 aromatic heterocycles. The van der Waals surface area contributed by atoms with Crippen molar-refractivity contribution in [1.29, 1.82) is 0 Å². The summed E-state index contributed by atoms with van der Waals surface area (Å²) in [6, 6.07) is 0. The molecule has 0 N–H and O–H groups in total. The monoisotopic (exact) mass is 448 g/mol. The fourth-order valence-electron chi connectivity index (χ4n) is 6.09. The molecule has 0 amide bonds. The highest BCUT2D eigenvalue weighted by molar-refractivity contribution is 5.77.